The summed E-state index contributed by atoms with van der Waals surface area (Å²) in [6, 6.07) is 17.2. The van der Waals surface area contributed by atoms with Crippen molar-refractivity contribution in [3.05, 3.63) is 54.1 Å². The van der Waals surface area contributed by atoms with E-state index in [9.17, 15) is 0 Å². The maximum atomic E-state index is 8.94. The zero-order valence-corrected chi connectivity index (χ0v) is 12.0. The number of benzene rings is 2. The van der Waals surface area contributed by atoms with Crippen LogP contribution in [0.4, 0.5) is 0 Å². The molecule has 0 N–H and O–H groups in total. The van der Waals surface area contributed by atoms with Crippen molar-refractivity contribution in [3.8, 4) is 17.6 Å². The van der Waals surface area contributed by atoms with E-state index in [-0.39, 0.29) is 0 Å². The Morgan fingerprint density at radius 3 is 2.40 bits per heavy atom. The predicted molar refractivity (Wildman–Crippen MR) is 80.4 cm³/mol. The Balaban J connectivity index is 1.80. The topological polar surface area (TPSA) is 42.2 Å². The van der Waals surface area contributed by atoms with Gasteiger partial charge in [-0.15, -0.1) is 11.8 Å². The summed E-state index contributed by atoms with van der Waals surface area (Å²) in [5.74, 6) is 1.41. The van der Waals surface area contributed by atoms with E-state index < -0.39 is 0 Å². The molecule has 2 aromatic carbocycles. The molecule has 4 heteroatoms. The first-order valence-electron chi connectivity index (χ1n) is 6.22. The molecular weight excluding hydrogens is 270 g/mol. The van der Waals surface area contributed by atoms with E-state index in [1.165, 1.54) is 4.90 Å². The molecule has 0 atom stereocenters. The lowest BCUT2D eigenvalue weighted by molar-refractivity contribution is 0.216. The molecule has 2 aromatic rings. The number of hydrogen-bond donors (Lipinski definition) is 0. The van der Waals surface area contributed by atoms with E-state index in [1.54, 1.807) is 23.9 Å². The molecule has 0 aromatic heterocycles. The van der Waals surface area contributed by atoms with Crippen LogP contribution in [-0.4, -0.2) is 19.5 Å². The molecule has 0 radical (unpaired) electrons. The van der Waals surface area contributed by atoms with Crippen molar-refractivity contribution in [1.82, 2.24) is 0 Å². The Kier molecular flexibility index (Phi) is 5.33. The van der Waals surface area contributed by atoms with E-state index in [2.05, 4.69) is 6.07 Å². The zero-order chi connectivity index (χ0) is 14.2. The minimum absolute atomic E-state index is 0.406. The summed E-state index contributed by atoms with van der Waals surface area (Å²) < 4.78 is 11.1. The Morgan fingerprint density at radius 2 is 1.70 bits per heavy atom. The molecule has 0 amide bonds. The van der Waals surface area contributed by atoms with Crippen molar-refractivity contribution in [2.45, 2.75) is 4.90 Å². The molecule has 3 nitrogen and oxygen atoms in total. The van der Waals surface area contributed by atoms with Crippen molar-refractivity contribution in [1.29, 1.82) is 5.26 Å². The molecule has 0 saturated carbocycles. The molecule has 0 saturated heterocycles. The third kappa shape index (κ3) is 3.94. The summed E-state index contributed by atoms with van der Waals surface area (Å²) in [7, 11) is 0. The Morgan fingerprint density at radius 1 is 1.00 bits per heavy atom. The summed E-state index contributed by atoms with van der Waals surface area (Å²) >= 11 is 1.70. The quantitative estimate of drug-likeness (QED) is 0.599. The molecule has 0 spiro atoms. The molecule has 0 fully saturated rings. The fourth-order valence-corrected chi connectivity index (χ4v) is 2.08. The van der Waals surface area contributed by atoms with Crippen LogP contribution in [0.15, 0.2) is 53.4 Å². The summed E-state index contributed by atoms with van der Waals surface area (Å²) in [6.07, 6.45) is 2.04. The van der Waals surface area contributed by atoms with Gasteiger partial charge in [-0.05, 0) is 42.7 Å². The second kappa shape index (κ2) is 7.46. The molecule has 102 valence electrons. The minimum atomic E-state index is 0.406. The normalized spacial score (nSPS) is 9.80. The number of rotatable bonds is 6. The van der Waals surface area contributed by atoms with Crippen LogP contribution in [-0.2, 0) is 0 Å². The van der Waals surface area contributed by atoms with Gasteiger partial charge >= 0.3 is 0 Å². The summed E-state index contributed by atoms with van der Waals surface area (Å²) in [5.41, 5.74) is 0.539. The lowest BCUT2D eigenvalue weighted by atomic mass is 10.2. The van der Waals surface area contributed by atoms with E-state index in [0.717, 1.165) is 5.75 Å². The molecule has 0 aliphatic rings. The van der Waals surface area contributed by atoms with Gasteiger partial charge in [0.05, 0.1) is 5.56 Å². The van der Waals surface area contributed by atoms with Crippen molar-refractivity contribution >= 4 is 11.8 Å². The van der Waals surface area contributed by atoms with E-state index in [0.29, 0.717) is 24.5 Å². The molecule has 0 unspecified atom stereocenters. The number of hydrogen-bond acceptors (Lipinski definition) is 4. The molecule has 0 aliphatic carbocycles. The number of para-hydroxylation sites is 1. The first-order chi connectivity index (χ1) is 9.83. The van der Waals surface area contributed by atoms with Gasteiger partial charge in [-0.2, -0.15) is 5.26 Å². The van der Waals surface area contributed by atoms with Crippen LogP contribution in [0.2, 0.25) is 0 Å². The third-order valence-corrected chi connectivity index (χ3v) is 3.42. The number of ether oxygens (including phenoxy) is 2. The number of nitriles is 1. The molecule has 0 bridgehead atoms. The second-order valence-corrected chi connectivity index (χ2v) is 4.86. The Labute approximate surface area is 123 Å². The van der Waals surface area contributed by atoms with Gasteiger partial charge in [0.1, 0.15) is 30.8 Å². The van der Waals surface area contributed by atoms with Crippen LogP contribution in [0.1, 0.15) is 5.56 Å². The van der Waals surface area contributed by atoms with Crippen molar-refractivity contribution in [2.24, 2.45) is 0 Å². The average Bonchev–Trinajstić information content (AvgIpc) is 2.52. The van der Waals surface area contributed by atoms with Crippen LogP contribution >= 0.6 is 11.8 Å². The lowest BCUT2D eigenvalue weighted by Crippen LogP contribution is -2.09. The van der Waals surface area contributed by atoms with Crippen LogP contribution in [0, 0.1) is 11.3 Å². The Hall–Kier alpha value is -2.12. The highest BCUT2D eigenvalue weighted by molar-refractivity contribution is 7.98. The standard InChI is InChI=1S/C16H15NO2S/c1-20-15-8-6-14(7-9-15)18-10-11-19-16-5-3-2-4-13(16)12-17/h2-9H,10-11H2,1H3. The highest BCUT2D eigenvalue weighted by Crippen LogP contribution is 2.19. The Bertz CT molecular complexity index is 590. The number of nitrogens with zero attached hydrogens (tertiary/aromatic N) is 1. The summed E-state index contributed by atoms with van der Waals surface area (Å²) in [5, 5.41) is 8.94. The fourth-order valence-electron chi connectivity index (χ4n) is 1.67. The van der Waals surface area contributed by atoms with Gasteiger partial charge in [0, 0.05) is 4.90 Å². The zero-order valence-electron chi connectivity index (χ0n) is 11.2. The van der Waals surface area contributed by atoms with Gasteiger partial charge in [-0.3, -0.25) is 0 Å². The van der Waals surface area contributed by atoms with Gasteiger partial charge in [-0.25, -0.2) is 0 Å². The molecule has 0 heterocycles. The average molecular weight is 285 g/mol. The fraction of sp³-hybridized carbons (Fsp3) is 0.188. The molecule has 20 heavy (non-hydrogen) atoms. The van der Waals surface area contributed by atoms with E-state index in [1.807, 2.05) is 42.7 Å². The van der Waals surface area contributed by atoms with Crippen LogP contribution in [0.5, 0.6) is 11.5 Å². The van der Waals surface area contributed by atoms with Crippen molar-refractivity contribution in [2.75, 3.05) is 19.5 Å². The number of thioether (sulfide) groups is 1. The molecular formula is C16H15NO2S. The highest BCUT2D eigenvalue weighted by Gasteiger charge is 2.01. The smallest absolute Gasteiger partial charge is 0.137 e. The maximum Gasteiger partial charge on any atom is 0.137 e. The highest BCUT2D eigenvalue weighted by atomic mass is 32.2. The third-order valence-electron chi connectivity index (χ3n) is 2.68. The lowest BCUT2D eigenvalue weighted by Gasteiger charge is -2.09. The minimum Gasteiger partial charge on any atom is -0.490 e. The van der Waals surface area contributed by atoms with Gasteiger partial charge < -0.3 is 9.47 Å². The first kappa shape index (κ1) is 14.3. The maximum absolute atomic E-state index is 8.94. The summed E-state index contributed by atoms with van der Waals surface area (Å²) in [6.45, 7) is 0.849. The first-order valence-corrected chi connectivity index (χ1v) is 7.45. The monoisotopic (exact) mass is 285 g/mol. The van der Waals surface area contributed by atoms with Gasteiger partial charge in [0.25, 0.3) is 0 Å². The van der Waals surface area contributed by atoms with Crippen molar-refractivity contribution < 1.29 is 9.47 Å². The predicted octanol–water partition coefficient (Wildman–Crippen LogP) is 3.74. The molecule has 2 rings (SSSR count). The van der Waals surface area contributed by atoms with Gasteiger partial charge in [0.15, 0.2) is 0 Å². The van der Waals surface area contributed by atoms with E-state index in [4.69, 9.17) is 14.7 Å². The van der Waals surface area contributed by atoms with Crippen LogP contribution in [0.3, 0.4) is 0 Å². The van der Waals surface area contributed by atoms with Crippen LogP contribution in [0.25, 0.3) is 0 Å². The second-order valence-electron chi connectivity index (χ2n) is 3.98. The van der Waals surface area contributed by atoms with E-state index >= 15 is 0 Å². The largest absolute Gasteiger partial charge is 0.490 e. The molecule has 0 aliphatic heterocycles. The van der Waals surface area contributed by atoms with Gasteiger partial charge in [0.2, 0.25) is 0 Å². The van der Waals surface area contributed by atoms with Crippen LogP contribution < -0.4 is 9.47 Å². The van der Waals surface area contributed by atoms with Gasteiger partial charge in [-0.1, -0.05) is 12.1 Å². The summed E-state index contributed by atoms with van der Waals surface area (Å²) in [4.78, 5) is 1.21. The van der Waals surface area contributed by atoms with Crippen molar-refractivity contribution in [3.63, 3.8) is 0 Å². The SMILES string of the molecule is CSc1ccc(OCCOc2ccccc2C#N)cc1.